The first-order valence-electron chi connectivity index (χ1n) is 7.05. The molecule has 0 bridgehead atoms. The van der Waals surface area contributed by atoms with E-state index in [1.165, 1.54) is 6.33 Å². The minimum Gasteiger partial charge on any atom is -0.312 e. The lowest BCUT2D eigenvalue weighted by Gasteiger charge is -2.25. The van der Waals surface area contributed by atoms with Crippen molar-refractivity contribution in [1.29, 1.82) is 0 Å². The summed E-state index contributed by atoms with van der Waals surface area (Å²) in [7, 11) is 1.82. The van der Waals surface area contributed by atoms with Gasteiger partial charge >= 0.3 is 0 Å². The topological polar surface area (TPSA) is 64.4 Å². The van der Waals surface area contributed by atoms with Crippen LogP contribution in [0.5, 0.6) is 0 Å². The van der Waals surface area contributed by atoms with E-state index in [9.17, 15) is 9.59 Å². The molecule has 108 valence electrons. The van der Waals surface area contributed by atoms with Gasteiger partial charge < -0.3 is 4.57 Å². The zero-order valence-electron chi connectivity index (χ0n) is 11.6. The average Bonchev–Trinajstić information content (AvgIpc) is 3.00. The molecule has 3 unspecified atom stereocenters. The summed E-state index contributed by atoms with van der Waals surface area (Å²) < 4.78 is 1.88. The Morgan fingerprint density at radius 1 is 1.29 bits per heavy atom. The van der Waals surface area contributed by atoms with Gasteiger partial charge in [0.25, 0.3) is 5.56 Å². The minimum atomic E-state index is -0.252. The maximum atomic E-state index is 12.2. The molecule has 6 heteroatoms. The summed E-state index contributed by atoms with van der Waals surface area (Å²) in [6.07, 6.45) is 2.53. The first-order valence-corrected chi connectivity index (χ1v) is 7.05. The number of para-hydroxylation sites is 1. The van der Waals surface area contributed by atoms with Crippen LogP contribution in [0.1, 0.15) is 19.0 Å². The molecule has 2 heterocycles. The maximum absolute atomic E-state index is 12.2. The molecule has 1 aromatic heterocycles. The largest absolute Gasteiger partial charge is 0.312 e. The van der Waals surface area contributed by atoms with Crippen LogP contribution in [0.25, 0.3) is 10.9 Å². The number of nitrogens with zero attached hydrogens (tertiary/aromatic N) is 3. The monoisotopic (exact) mass is 285 g/mol. The molecule has 1 aliphatic carbocycles. The molecule has 0 radical (unpaired) electrons. The van der Waals surface area contributed by atoms with Crippen LogP contribution in [0, 0.1) is 5.92 Å². The van der Waals surface area contributed by atoms with Gasteiger partial charge in [-0.15, -0.1) is 0 Å². The first-order chi connectivity index (χ1) is 10.2. The SMILES string of the molecule is CN1OC2CCC(=O)C2C1n1cnc(=O)c2ccccc21. The molecule has 21 heavy (non-hydrogen) atoms. The van der Waals surface area contributed by atoms with Crippen LogP contribution in [0.4, 0.5) is 0 Å². The minimum absolute atomic E-state index is 0.0642. The Morgan fingerprint density at radius 3 is 2.95 bits per heavy atom. The molecule has 0 N–H and O–H groups in total. The zero-order chi connectivity index (χ0) is 14.6. The van der Waals surface area contributed by atoms with Gasteiger partial charge in [-0.2, -0.15) is 10.0 Å². The number of aromatic nitrogens is 2. The van der Waals surface area contributed by atoms with E-state index in [0.717, 1.165) is 11.9 Å². The number of carbonyl (C=O) groups is 1. The summed E-state index contributed by atoms with van der Waals surface area (Å²) >= 11 is 0. The van der Waals surface area contributed by atoms with Gasteiger partial charge in [-0.3, -0.25) is 14.4 Å². The summed E-state index contributed by atoms with van der Waals surface area (Å²) in [6, 6.07) is 7.32. The van der Waals surface area contributed by atoms with Gasteiger partial charge in [-0.1, -0.05) is 12.1 Å². The van der Waals surface area contributed by atoms with Crippen LogP contribution in [-0.2, 0) is 9.63 Å². The third-order valence-corrected chi connectivity index (χ3v) is 4.44. The quantitative estimate of drug-likeness (QED) is 0.785. The third-order valence-electron chi connectivity index (χ3n) is 4.44. The van der Waals surface area contributed by atoms with Crippen LogP contribution >= 0.6 is 0 Å². The van der Waals surface area contributed by atoms with Crippen molar-refractivity contribution in [2.45, 2.75) is 25.1 Å². The number of benzene rings is 1. The standard InChI is InChI=1S/C15H15N3O3/c1-17-15(13-11(19)6-7-12(13)21-17)18-8-16-14(20)9-4-2-3-5-10(9)18/h2-5,8,12-13,15H,6-7H2,1H3. The molecule has 1 saturated carbocycles. The number of hydrogen-bond acceptors (Lipinski definition) is 5. The molecule has 0 amide bonds. The predicted octanol–water partition coefficient (Wildman–Crippen LogP) is 1.12. The van der Waals surface area contributed by atoms with E-state index in [4.69, 9.17) is 4.84 Å². The second kappa shape index (κ2) is 4.47. The zero-order valence-corrected chi connectivity index (χ0v) is 11.6. The van der Waals surface area contributed by atoms with Gasteiger partial charge in [-0.05, 0) is 18.6 Å². The molecule has 3 atom stereocenters. The molecule has 2 aliphatic rings. The van der Waals surface area contributed by atoms with E-state index in [1.54, 1.807) is 11.1 Å². The summed E-state index contributed by atoms with van der Waals surface area (Å²) in [4.78, 5) is 33.8. The van der Waals surface area contributed by atoms with Crippen LogP contribution < -0.4 is 5.56 Å². The number of hydroxylamine groups is 2. The molecule has 1 saturated heterocycles. The van der Waals surface area contributed by atoms with Crippen molar-refractivity contribution in [3.63, 3.8) is 0 Å². The van der Waals surface area contributed by atoms with Gasteiger partial charge in [0.2, 0.25) is 0 Å². The fraction of sp³-hybridized carbons (Fsp3) is 0.400. The van der Waals surface area contributed by atoms with Gasteiger partial charge in [0.15, 0.2) is 0 Å². The fourth-order valence-corrected chi connectivity index (χ4v) is 3.50. The van der Waals surface area contributed by atoms with E-state index in [2.05, 4.69) is 4.98 Å². The third kappa shape index (κ3) is 1.76. The Balaban J connectivity index is 1.92. The highest BCUT2D eigenvalue weighted by Gasteiger charge is 2.50. The highest BCUT2D eigenvalue weighted by molar-refractivity contribution is 5.85. The summed E-state index contributed by atoms with van der Waals surface area (Å²) in [5.74, 6) is 0.0276. The first kappa shape index (κ1) is 12.7. The van der Waals surface area contributed by atoms with Gasteiger partial charge in [-0.25, -0.2) is 0 Å². The van der Waals surface area contributed by atoms with E-state index >= 15 is 0 Å². The smallest absolute Gasteiger partial charge is 0.280 e. The van der Waals surface area contributed by atoms with Crippen molar-refractivity contribution in [2.24, 2.45) is 5.92 Å². The van der Waals surface area contributed by atoms with Crippen molar-refractivity contribution in [1.82, 2.24) is 14.6 Å². The van der Waals surface area contributed by atoms with Crippen molar-refractivity contribution >= 4 is 16.7 Å². The van der Waals surface area contributed by atoms with E-state index < -0.39 is 0 Å². The Morgan fingerprint density at radius 2 is 2.10 bits per heavy atom. The average molecular weight is 285 g/mol. The Bertz CT molecular complexity index is 785. The van der Waals surface area contributed by atoms with Gasteiger partial charge in [0.05, 0.1) is 22.9 Å². The Hall–Kier alpha value is -2.05. The lowest BCUT2D eigenvalue weighted by atomic mass is 10.0. The van der Waals surface area contributed by atoms with Crippen LogP contribution in [0.2, 0.25) is 0 Å². The second-order valence-electron chi connectivity index (χ2n) is 5.61. The van der Waals surface area contributed by atoms with Gasteiger partial charge in [0.1, 0.15) is 18.3 Å². The predicted molar refractivity (Wildman–Crippen MR) is 75.4 cm³/mol. The molecule has 2 aromatic rings. The highest BCUT2D eigenvalue weighted by Crippen LogP contribution is 2.42. The molecule has 0 spiro atoms. The number of fused-ring (bicyclic) bond motifs is 2. The molecule has 6 nitrogen and oxygen atoms in total. The molecular weight excluding hydrogens is 270 g/mol. The lowest BCUT2D eigenvalue weighted by Crippen LogP contribution is -2.31. The van der Waals surface area contributed by atoms with Crippen LogP contribution in [0.15, 0.2) is 35.4 Å². The van der Waals surface area contributed by atoms with Crippen molar-refractivity contribution < 1.29 is 9.63 Å². The summed E-state index contributed by atoms with van der Waals surface area (Å²) in [5.41, 5.74) is 0.524. The molecule has 2 fully saturated rings. The number of ketones is 1. The number of hydrogen-bond donors (Lipinski definition) is 0. The molecule has 4 rings (SSSR count). The molecule has 1 aromatic carbocycles. The highest BCUT2D eigenvalue weighted by atomic mass is 16.7. The van der Waals surface area contributed by atoms with Crippen LogP contribution in [-0.4, -0.2) is 33.5 Å². The molecular formula is C15H15N3O3. The van der Waals surface area contributed by atoms with E-state index in [-0.39, 0.29) is 29.5 Å². The summed E-state index contributed by atoms with van der Waals surface area (Å²) in [6.45, 7) is 0. The number of carbonyl (C=O) groups excluding carboxylic acids is 1. The Kier molecular flexibility index (Phi) is 2.70. The lowest BCUT2D eigenvalue weighted by molar-refractivity contribution is -0.156. The maximum Gasteiger partial charge on any atom is 0.280 e. The van der Waals surface area contributed by atoms with Crippen LogP contribution in [0.3, 0.4) is 0 Å². The normalized spacial score (nSPS) is 29.2. The van der Waals surface area contributed by atoms with E-state index in [1.807, 2.05) is 29.8 Å². The van der Waals surface area contributed by atoms with Crippen molar-refractivity contribution in [3.05, 3.63) is 40.9 Å². The second-order valence-corrected chi connectivity index (χ2v) is 5.61. The summed E-state index contributed by atoms with van der Waals surface area (Å²) in [5, 5.41) is 2.27. The van der Waals surface area contributed by atoms with Crippen molar-refractivity contribution in [2.75, 3.05) is 7.05 Å². The van der Waals surface area contributed by atoms with E-state index in [0.29, 0.717) is 11.8 Å². The fourth-order valence-electron chi connectivity index (χ4n) is 3.50. The molecule has 1 aliphatic heterocycles. The Labute approximate surface area is 120 Å². The number of Topliss-reactive ketones (excluding diaryl/α,β-unsaturated/α-hetero) is 1. The number of rotatable bonds is 1. The van der Waals surface area contributed by atoms with Gasteiger partial charge in [0, 0.05) is 13.5 Å². The van der Waals surface area contributed by atoms with Crippen molar-refractivity contribution in [3.8, 4) is 0 Å².